The molecule has 0 aromatic heterocycles. The topological polar surface area (TPSA) is 37.4 Å². The Morgan fingerprint density at radius 1 is 0.929 bits per heavy atom. The highest BCUT2D eigenvalue weighted by molar-refractivity contribution is 5.91. The van der Waals surface area contributed by atoms with Crippen molar-refractivity contribution in [2.24, 2.45) is 5.92 Å². The van der Waals surface area contributed by atoms with Crippen LogP contribution in [0.2, 0.25) is 0 Å². The van der Waals surface area contributed by atoms with Gasteiger partial charge in [-0.2, -0.15) is 13.2 Å². The Hall–Kier alpha value is -1.85. The summed E-state index contributed by atoms with van der Waals surface area (Å²) in [5, 5.41) is 0. The van der Waals surface area contributed by atoms with Crippen molar-refractivity contribution in [1.82, 2.24) is 0 Å². The van der Waals surface area contributed by atoms with Gasteiger partial charge < -0.3 is 4.90 Å². The maximum Gasteiger partial charge on any atom is 0.450 e. The first kappa shape index (κ1) is 24.2. The van der Waals surface area contributed by atoms with Crippen molar-refractivity contribution < 1.29 is 22.8 Å². The van der Waals surface area contributed by atoms with E-state index in [1.165, 1.54) is 6.92 Å². The molecular weight excluding hydrogens is 367 g/mol. The lowest BCUT2D eigenvalue weighted by Gasteiger charge is -2.23. The van der Waals surface area contributed by atoms with Crippen LogP contribution in [-0.2, 0) is 9.59 Å². The van der Waals surface area contributed by atoms with Crippen LogP contribution in [0.25, 0.3) is 0 Å². The second-order valence-corrected chi connectivity index (χ2v) is 7.26. The molecule has 0 radical (unpaired) electrons. The molecule has 0 saturated heterocycles. The van der Waals surface area contributed by atoms with E-state index in [2.05, 4.69) is 6.92 Å². The van der Waals surface area contributed by atoms with Gasteiger partial charge in [0.25, 0.3) is 0 Å². The van der Waals surface area contributed by atoms with Gasteiger partial charge in [-0.3, -0.25) is 9.59 Å². The average molecular weight is 399 g/mol. The van der Waals surface area contributed by atoms with E-state index in [0.29, 0.717) is 25.1 Å². The number of carbonyl (C=O) groups excluding carboxylic acids is 2. The first-order valence-electron chi connectivity index (χ1n) is 10.2. The first-order chi connectivity index (χ1) is 13.3. The van der Waals surface area contributed by atoms with Gasteiger partial charge in [-0.1, -0.05) is 63.6 Å². The smallest absolute Gasteiger partial charge is 0.313 e. The molecule has 1 rings (SSSR count). The van der Waals surface area contributed by atoms with Gasteiger partial charge in [-0.05, 0) is 31.4 Å². The van der Waals surface area contributed by atoms with Crippen LogP contribution >= 0.6 is 0 Å². The van der Waals surface area contributed by atoms with Crippen molar-refractivity contribution in [2.75, 3.05) is 11.4 Å². The highest BCUT2D eigenvalue weighted by atomic mass is 19.4. The summed E-state index contributed by atoms with van der Waals surface area (Å²) in [5.41, 5.74) is 0.713. The molecule has 28 heavy (non-hydrogen) atoms. The summed E-state index contributed by atoms with van der Waals surface area (Å²) in [4.78, 5) is 25.2. The number of halogens is 3. The third kappa shape index (κ3) is 8.89. The molecule has 0 spiro atoms. The van der Waals surface area contributed by atoms with Gasteiger partial charge in [0.15, 0.2) is 0 Å². The Morgan fingerprint density at radius 2 is 1.50 bits per heavy atom. The predicted molar refractivity (Wildman–Crippen MR) is 106 cm³/mol. The van der Waals surface area contributed by atoms with Gasteiger partial charge in [0.1, 0.15) is 0 Å². The van der Waals surface area contributed by atoms with E-state index in [9.17, 15) is 22.8 Å². The Morgan fingerprint density at radius 3 is 2.07 bits per heavy atom. The van der Waals surface area contributed by atoms with Crippen LogP contribution in [0.4, 0.5) is 18.9 Å². The maximum absolute atomic E-state index is 12.9. The fourth-order valence-electron chi connectivity index (χ4n) is 3.38. The number of hydrogen-bond acceptors (Lipinski definition) is 2. The lowest BCUT2D eigenvalue weighted by molar-refractivity contribution is -0.176. The fraction of sp³-hybridized carbons (Fsp3) is 0.636. The largest absolute Gasteiger partial charge is 0.450 e. The molecule has 1 aromatic carbocycles. The number of ketones is 1. The van der Waals surface area contributed by atoms with Crippen LogP contribution in [0.3, 0.4) is 0 Å². The number of hydrogen-bond donors (Lipinski definition) is 0. The summed E-state index contributed by atoms with van der Waals surface area (Å²) in [6.45, 7) is 3.84. The molecule has 0 bridgehead atoms. The van der Waals surface area contributed by atoms with Crippen LogP contribution in [0, 0.1) is 5.92 Å². The minimum absolute atomic E-state index is 0.143. The van der Waals surface area contributed by atoms with E-state index in [-0.39, 0.29) is 18.7 Å². The third-order valence-electron chi connectivity index (χ3n) is 4.94. The number of rotatable bonds is 13. The normalized spacial score (nSPS) is 12.6. The van der Waals surface area contributed by atoms with Gasteiger partial charge in [-0.25, -0.2) is 0 Å². The summed E-state index contributed by atoms with van der Waals surface area (Å²) in [6, 6.07) is 9.02. The fourth-order valence-corrected chi connectivity index (χ4v) is 3.38. The number of unbranched alkanes of at least 4 members (excludes halogenated alkanes) is 5. The second-order valence-electron chi connectivity index (χ2n) is 7.26. The molecule has 0 heterocycles. The molecule has 3 nitrogen and oxygen atoms in total. The lowest BCUT2D eigenvalue weighted by atomic mass is 9.91. The van der Waals surface area contributed by atoms with E-state index >= 15 is 0 Å². The summed E-state index contributed by atoms with van der Waals surface area (Å²) < 4.78 is 38.8. The second kappa shape index (κ2) is 12.6. The van der Waals surface area contributed by atoms with Gasteiger partial charge in [0.2, 0.25) is 11.7 Å². The molecule has 0 saturated carbocycles. The van der Waals surface area contributed by atoms with Crippen molar-refractivity contribution in [3.63, 3.8) is 0 Å². The Kier molecular flexibility index (Phi) is 10.9. The molecule has 158 valence electrons. The van der Waals surface area contributed by atoms with E-state index in [0.717, 1.165) is 32.1 Å². The summed E-state index contributed by atoms with van der Waals surface area (Å²) in [6.07, 6.45) is 1.76. The average Bonchev–Trinajstić information content (AvgIpc) is 2.65. The number of benzene rings is 1. The molecule has 0 fully saturated rings. The van der Waals surface area contributed by atoms with Gasteiger partial charge in [0, 0.05) is 25.1 Å². The van der Waals surface area contributed by atoms with Crippen molar-refractivity contribution >= 4 is 17.4 Å². The van der Waals surface area contributed by atoms with Crippen molar-refractivity contribution in [3.8, 4) is 0 Å². The Balaban J connectivity index is 2.59. The molecule has 0 aliphatic rings. The molecule has 1 aromatic rings. The van der Waals surface area contributed by atoms with E-state index in [1.807, 2.05) is 6.07 Å². The number of anilines is 1. The van der Waals surface area contributed by atoms with Crippen LogP contribution in [0.5, 0.6) is 0 Å². The van der Waals surface area contributed by atoms with Crippen LogP contribution in [-0.4, -0.2) is 24.4 Å². The number of amides is 1. The summed E-state index contributed by atoms with van der Waals surface area (Å²) in [5.74, 6) is -2.81. The predicted octanol–water partition coefficient (Wildman–Crippen LogP) is 6.32. The zero-order chi connectivity index (χ0) is 21.0. The summed E-state index contributed by atoms with van der Waals surface area (Å²) >= 11 is 0. The minimum atomic E-state index is -4.80. The number of nitrogens with zero attached hydrogens (tertiary/aromatic N) is 1. The monoisotopic (exact) mass is 399 g/mol. The summed E-state index contributed by atoms with van der Waals surface area (Å²) in [7, 11) is 0. The Labute approximate surface area is 166 Å². The highest BCUT2D eigenvalue weighted by Crippen LogP contribution is 2.28. The standard InChI is InChI=1S/C22H32F3NO2/c1-3-4-5-6-7-9-13-19(21(28)22(23,24)25)14-12-17-26(18(2)27)20-15-10-8-11-16-20/h8,10-11,15-16,19H,3-7,9,12-14,17H2,1-2H3. The van der Waals surface area contributed by atoms with Crippen molar-refractivity contribution in [2.45, 2.75) is 77.8 Å². The molecule has 0 aliphatic heterocycles. The Bertz CT molecular complexity index is 587. The van der Waals surface area contributed by atoms with E-state index in [1.54, 1.807) is 29.2 Å². The third-order valence-corrected chi connectivity index (χ3v) is 4.94. The van der Waals surface area contributed by atoms with Crippen LogP contribution < -0.4 is 4.90 Å². The quantitative estimate of drug-likeness (QED) is 0.364. The van der Waals surface area contributed by atoms with E-state index in [4.69, 9.17) is 0 Å². The highest BCUT2D eigenvalue weighted by Gasteiger charge is 2.42. The molecule has 6 heteroatoms. The van der Waals surface area contributed by atoms with Gasteiger partial charge in [0.05, 0.1) is 0 Å². The van der Waals surface area contributed by atoms with Crippen LogP contribution in [0.15, 0.2) is 30.3 Å². The first-order valence-corrected chi connectivity index (χ1v) is 10.2. The van der Waals surface area contributed by atoms with E-state index < -0.39 is 17.9 Å². The van der Waals surface area contributed by atoms with Crippen molar-refractivity contribution in [3.05, 3.63) is 30.3 Å². The zero-order valence-corrected chi connectivity index (χ0v) is 16.9. The van der Waals surface area contributed by atoms with Crippen LogP contribution in [0.1, 0.15) is 71.6 Å². The maximum atomic E-state index is 12.9. The number of Topliss-reactive ketones (excluding diaryl/α,β-unsaturated/α-hetero) is 1. The number of carbonyl (C=O) groups is 2. The molecule has 0 N–H and O–H groups in total. The molecule has 1 amide bonds. The number of para-hydroxylation sites is 1. The molecule has 0 aliphatic carbocycles. The van der Waals surface area contributed by atoms with Gasteiger partial charge >= 0.3 is 6.18 Å². The molecule has 1 atom stereocenters. The SMILES string of the molecule is CCCCCCCCC(CCCN(C(C)=O)c1ccccc1)C(=O)C(F)(F)F. The lowest BCUT2D eigenvalue weighted by Crippen LogP contribution is -2.33. The number of alkyl halides is 3. The molecular formula is C22H32F3NO2. The molecule has 1 unspecified atom stereocenters. The minimum Gasteiger partial charge on any atom is -0.313 e. The van der Waals surface area contributed by atoms with Gasteiger partial charge in [-0.15, -0.1) is 0 Å². The zero-order valence-electron chi connectivity index (χ0n) is 16.9. The van der Waals surface area contributed by atoms with Crippen molar-refractivity contribution in [1.29, 1.82) is 0 Å².